The molecular weight excluding hydrogens is 392 g/mol. The molecule has 0 radical (unpaired) electrons. The van der Waals surface area contributed by atoms with Gasteiger partial charge in [-0.25, -0.2) is 4.98 Å². The van der Waals surface area contributed by atoms with Crippen molar-refractivity contribution >= 4 is 34.7 Å². The van der Waals surface area contributed by atoms with Crippen molar-refractivity contribution in [2.45, 2.75) is 25.7 Å². The summed E-state index contributed by atoms with van der Waals surface area (Å²) in [6.07, 6.45) is 6.01. The second-order valence-electron chi connectivity index (χ2n) is 7.75. The molecule has 1 aromatic carbocycles. The second kappa shape index (κ2) is 8.92. The van der Waals surface area contributed by atoms with Crippen LogP contribution in [0.15, 0.2) is 30.5 Å². The molecule has 154 valence electrons. The fourth-order valence-corrected chi connectivity index (χ4v) is 4.31. The van der Waals surface area contributed by atoms with Gasteiger partial charge in [0, 0.05) is 30.3 Å². The molecule has 0 spiro atoms. The van der Waals surface area contributed by atoms with Gasteiger partial charge < -0.3 is 15.1 Å². The normalized spacial score (nSPS) is 20.0. The van der Waals surface area contributed by atoms with Gasteiger partial charge in [-0.2, -0.15) is 4.98 Å². The number of nitrogens with zero attached hydrogens (tertiary/aromatic N) is 5. The predicted octanol–water partition coefficient (Wildman–Crippen LogP) is 4.09. The number of aromatic nitrogens is 2. The van der Waals surface area contributed by atoms with Gasteiger partial charge in [0.2, 0.25) is 11.8 Å². The molecule has 29 heavy (non-hydrogen) atoms. The van der Waals surface area contributed by atoms with Gasteiger partial charge in [-0.1, -0.05) is 11.6 Å². The zero-order valence-electron chi connectivity index (χ0n) is 16.3. The maximum atomic E-state index is 11.6. The fraction of sp³-hybridized carbons (Fsp3) is 0.500. The molecule has 2 saturated heterocycles. The standard InChI is InChI=1S/C20H25ClN6O2/c21-16-5-7-17(8-6-16)23-20-22-12-18(27(28)29)19(24-20)26-11-3-4-15(14-26)13-25-9-1-2-10-25/h5-8,12,15H,1-4,9-11,13-14H2,(H,22,23,24). The molecule has 1 aromatic heterocycles. The first-order valence-electron chi connectivity index (χ1n) is 10.1. The summed E-state index contributed by atoms with van der Waals surface area (Å²) in [6.45, 7) is 4.95. The Hall–Kier alpha value is -2.45. The van der Waals surface area contributed by atoms with Crippen molar-refractivity contribution in [3.8, 4) is 0 Å². The van der Waals surface area contributed by atoms with Crippen molar-refractivity contribution in [3.05, 3.63) is 45.6 Å². The summed E-state index contributed by atoms with van der Waals surface area (Å²) >= 11 is 5.93. The highest BCUT2D eigenvalue weighted by atomic mass is 35.5. The Morgan fingerprint density at radius 2 is 1.93 bits per heavy atom. The summed E-state index contributed by atoms with van der Waals surface area (Å²) in [5, 5.41) is 15.3. The Morgan fingerprint density at radius 3 is 2.66 bits per heavy atom. The third-order valence-corrected chi connectivity index (χ3v) is 5.83. The first-order valence-corrected chi connectivity index (χ1v) is 10.5. The van der Waals surface area contributed by atoms with Crippen LogP contribution in [0.1, 0.15) is 25.7 Å². The monoisotopic (exact) mass is 416 g/mol. The topological polar surface area (TPSA) is 87.4 Å². The number of benzene rings is 1. The van der Waals surface area contributed by atoms with E-state index in [0.29, 0.717) is 22.7 Å². The maximum absolute atomic E-state index is 11.6. The molecule has 3 heterocycles. The van der Waals surface area contributed by atoms with Crippen molar-refractivity contribution in [1.82, 2.24) is 14.9 Å². The average molecular weight is 417 g/mol. The first-order chi connectivity index (χ1) is 14.1. The number of hydrogen-bond donors (Lipinski definition) is 1. The number of nitro groups is 1. The number of halogens is 1. The summed E-state index contributed by atoms with van der Waals surface area (Å²) in [5.41, 5.74) is 0.730. The number of piperidine rings is 1. The molecule has 0 bridgehead atoms. The lowest BCUT2D eigenvalue weighted by molar-refractivity contribution is -0.384. The van der Waals surface area contributed by atoms with Gasteiger partial charge in [0.25, 0.3) is 0 Å². The Balaban J connectivity index is 1.53. The van der Waals surface area contributed by atoms with Crippen molar-refractivity contribution in [2.75, 3.05) is 42.9 Å². The zero-order chi connectivity index (χ0) is 20.2. The Labute approximate surface area is 175 Å². The van der Waals surface area contributed by atoms with Crippen LogP contribution in [0.3, 0.4) is 0 Å². The lowest BCUT2D eigenvalue weighted by Crippen LogP contribution is -2.41. The molecule has 9 heteroatoms. The highest BCUT2D eigenvalue weighted by Gasteiger charge is 2.29. The molecule has 2 aromatic rings. The van der Waals surface area contributed by atoms with Gasteiger partial charge in [0.15, 0.2) is 0 Å². The van der Waals surface area contributed by atoms with E-state index in [9.17, 15) is 10.1 Å². The number of nitrogens with one attached hydrogen (secondary N) is 1. The lowest BCUT2D eigenvalue weighted by atomic mass is 9.97. The van der Waals surface area contributed by atoms with Gasteiger partial charge in [0.05, 0.1) is 4.92 Å². The van der Waals surface area contributed by atoms with E-state index in [-0.39, 0.29) is 5.69 Å². The molecular formula is C20H25ClN6O2. The number of anilines is 3. The third-order valence-electron chi connectivity index (χ3n) is 5.58. The van der Waals surface area contributed by atoms with E-state index in [1.54, 1.807) is 12.1 Å². The van der Waals surface area contributed by atoms with Crippen LogP contribution in [0.5, 0.6) is 0 Å². The van der Waals surface area contributed by atoms with E-state index >= 15 is 0 Å². The van der Waals surface area contributed by atoms with E-state index in [2.05, 4.69) is 25.1 Å². The molecule has 0 aliphatic carbocycles. The van der Waals surface area contributed by atoms with Crippen LogP contribution in [0.25, 0.3) is 0 Å². The van der Waals surface area contributed by atoms with E-state index < -0.39 is 4.92 Å². The summed E-state index contributed by atoms with van der Waals surface area (Å²) in [5.74, 6) is 1.24. The van der Waals surface area contributed by atoms with Crippen LogP contribution in [0.4, 0.5) is 23.1 Å². The number of hydrogen-bond acceptors (Lipinski definition) is 7. The minimum absolute atomic E-state index is 0.0477. The second-order valence-corrected chi connectivity index (χ2v) is 8.19. The smallest absolute Gasteiger partial charge is 0.329 e. The fourth-order valence-electron chi connectivity index (χ4n) is 4.19. The predicted molar refractivity (Wildman–Crippen MR) is 114 cm³/mol. The molecule has 1 N–H and O–H groups in total. The van der Waals surface area contributed by atoms with Gasteiger partial charge >= 0.3 is 5.69 Å². The number of likely N-dealkylation sites (tertiary alicyclic amines) is 1. The van der Waals surface area contributed by atoms with E-state index in [1.165, 1.54) is 32.1 Å². The highest BCUT2D eigenvalue weighted by molar-refractivity contribution is 6.30. The largest absolute Gasteiger partial charge is 0.350 e. The molecule has 2 aliphatic heterocycles. The average Bonchev–Trinajstić information content (AvgIpc) is 3.23. The summed E-state index contributed by atoms with van der Waals surface area (Å²) in [4.78, 5) is 24.4. The van der Waals surface area contributed by atoms with Crippen molar-refractivity contribution in [1.29, 1.82) is 0 Å². The van der Waals surface area contributed by atoms with Crippen LogP contribution < -0.4 is 10.2 Å². The van der Waals surface area contributed by atoms with E-state index in [0.717, 1.165) is 38.2 Å². The van der Waals surface area contributed by atoms with Crippen LogP contribution in [0.2, 0.25) is 5.02 Å². The molecule has 4 rings (SSSR count). The Morgan fingerprint density at radius 1 is 1.17 bits per heavy atom. The molecule has 8 nitrogen and oxygen atoms in total. The number of rotatable bonds is 6. The van der Waals surface area contributed by atoms with E-state index in [4.69, 9.17) is 11.6 Å². The van der Waals surface area contributed by atoms with Crippen LogP contribution in [-0.2, 0) is 0 Å². The summed E-state index contributed by atoms with van der Waals surface area (Å²) in [7, 11) is 0. The summed E-state index contributed by atoms with van der Waals surface area (Å²) in [6, 6.07) is 7.17. The van der Waals surface area contributed by atoms with Crippen LogP contribution in [0, 0.1) is 16.0 Å². The van der Waals surface area contributed by atoms with Crippen LogP contribution in [-0.4, -0.2) is 52.5 Å². The van der Waals surface area contributed by atoms with Crippen molar-refractivity contribution in [2.24, 2.45) is 5.92 Å². The zero-order valence-corrected chi connectivity index (χ0v) is 17.0. The lowest BCUT2D eigenvalue weighted by Gasteiger charge is -2.35. The van der Waals surface area contributed by atoms with Gasteiger partial charge in [0.1, 0.15) is 6.20 Å². The minimum Gasteiger partial charge on any atom is -0.350 e. The molecule has 0 amide bonds. The quantitative estimate of drug-likeness (QED) is 0.560. The van der Waals surface area contributed by atoms with Gasteiger partial charge in [-0.15, -0.1) is 0 Å². The van der Waals surface area contributed by atoms with Gasteiger partial charge in [-0.3, -0.25) is 10.1 Å². The molecule has 0 saturated carbocycles. The molecule has 2 fully saturated rings. The Bertz CT molecular complexity index is 857. The highest BCUT2D eigenvalue weighted by Crippen LogP contribution is 2.31. The molecule has 1 unspecified atom stereocenters. The summed E-state index contributed by atoms with van der Waals surface area (Å²) < 4.78 is 0. The minimum atomic E-state index is -0.397. The van der Waals surface area contributed by atoms with Gasteiger partial charge in [-0.05, 0) is 69.0 Å². The van der Waals surface area contributed by atoms with Crippen LogP contribution >= 0.6 is 11.6 Å². The van der Waals surface area contributed by atoms with E-state index in [1.807, 2.05) is 12.1 Å². The molecule has 2 aliphatic rings. The van der Waals surface area contributed by atoms with Crippen molar-refractivity contribution < 1.29 is 4.92 Å². The maximum Gasteiger partial charge on any atom is 0.329 e. The third kappa shape index (κ3) is 4.94. The van der Waals surface area contributed by atoms with Crippen molar-refractivity contribution in [3.63, 3.8) is 0 Å². The first kappa shape index (κ1) is 19.8. The SMILES string of the molecule is O=[N+]([O-])c1cnc(Nc2ccc(Cl)cc2)nc1N1CCCC(CN2CCCC2)C1. The molecule has 1 atom stereocenters. The Kier molecular flexibility index (Phi) is 6.10.